The number of carbonyl (C=O) groups is 2. The second-order valence-electron chi connectivity index (χ2n) is 9.51. The number of amides is 2. The maximum atomic E-state index is 13.3. The fourth-order valence-corrected chi connectivity index (χ4v) is 5.09. The van der Waals surface area contributed by atoms with Gasteiger partial charge in [0.1, 0.15) is 17.4 Å². The molecule has 1 atom stereocenters. The van der Waals surface area contributed by atoms with E-state index in [2.05, 4.69) is 15.4 Å². The largest absolute Gasteiger partial charge is 0.384 e. The monoisotopic (exact) mass is 535 g/mol. The van der Waals surface area contributed by atoms with E-state index >= 15 is 0 Å². The van der Waals surface area contributed by atoms with Gasteiger partial charge in [-0.1, -0.05) is 84.9 Å². The Kier molecular flexibility index (Phi) is 9.38. The molecule has 38 heavy (non-hydrogen) atoms. The molecule has 0 heterocycles. The fraction of sp³-hybridized carbons (Fsp3) is 0.250. The molecule has 0 aliphatic rings. The number of nitrogens with two attached hydrogens (primary N) is 1. The summed E-state index contributed by atoms with van der Waals surface area (Å²) in [6, 6.07) is 23.5. The number of nitrogen functional groups attached to an aromatic ring is 1. The molecule has 0 saturated carbocycles. The number of sulfonamides is 1. The second-order valence-corrected chi connectivity index (χ2v) is 11.3. The zero-order valence-corrected chi connectivity index (χ0v) is 22.2. The Hall–Kier alpha value is -4.02. The van der Waals surface area contributed by atoms with Crippen molar-refractivity contribution >= 4 is 27.7 Å². The first-order valence-corrected chi connectivity index (χ1v) is 13.7. The molecule has 0 aromatic heterocycles. The van der Waals surface area contributed by atoms with Crippen molar-refractivity contribution < 1.29 is 18.0 Å². The third kappa shape index (κ3) is 8.53. The van der Waals surface area contributed by atoms with Crippen LogP contribution in [0.3, 0.4) is 0 Å². The van der Waals surface area contributed by atoms with E-state index in [1.54, 1.807) is 80.6 Å². The SMILES string of the molecule is CC(C)(NC(=O)[C@@H](Cc1ccccc1)NS(=O)(=O)Cc1ccccc1)C(=O)NCc1ccc(C(=N)N)cc1. The van der Waals surface area contributed by atoms with Crippen molar-refractivity contribution in [2.75, 3.05) is 0 Å². The normalized spacial score (nSPS) is 12.4. The van der Waals surface area contributed by atoms with Gasteiger partial charge in [-0.15, -0.1) is 0 Å². The maximum Gasteiger partial charge on any atom is 0.245 e. The molecular formula is C28H33N5O4S. The zero-order valence-electron chi connectivity index (χ0n) is 21.4. The van der Waals surface area contributed by atoms with Crippen molar-refractivity contribution in [2.24, 2.45) is 5.73 Å². The number of rotatable bonds is 12. The van der Waals surface area contributed by atoms with Gasteiger partial charge in [-0.05, 0) is 37.0 Å². The maximum absolute atomic E-state index is 13.3. The zero-order chi connectivity index (χ0) is 27.8. The molecule has 2 amide bonds. The molecule has 0 bridgehead atoms. The van der Waals surface area contributed by atoms with Crippen molar-refractivity contribution in [2.45, 2.75) is 44.1 Å². The molecule has 0 aliphatic heterocycles. The lowest BCUT2D eigenvalue weighted by molar-refractivity contribution is -0.133. The minimum atomic E-state index is -3.87. The Morgan fingerprint density at radius 1 is 0.868 bits per heavy atom. The van der Waals surface area contributed by atoms with Crippen molar-refractivity contribution in [3.8, 4) is 0 Å². The Morgan fingerprint density at radius 3 is 1.97 bits per heavy atom. The van der Waals surface area contributed by atoms with Crippen molar-refractivity contribution in [3.63, 3.8) is 0 Å². The lowest BCUT2D eigenvalue weighted by atomic mass is 10.0. The molecule has 3 aromatic rings. The van der Waals surface area contributed by atoms with Crippen LogP contribution in [0.2, 0.25) is 0 Å². The topological polar surface area (TPSA) is 154 Å². The third-order valence-electron chi connectivity index (χ3n) is 5.84. The average Bonchev–Trinajstić information content (AvgIpc) is 2.87. The van der Waals surface area contributed by atoms with Gasteiger partial charge >= 0.3 is 0 Å². The van der Waals surface area contributed by atoms with Crippen molar-refractivity contribution in [1.29, 1.82) is 5.41 Å². The summed E-state index contributed by atoms with van der Waals surface area (Å²) in [5.41, 5.74) is 6.88. The molecule has 0 unspecified atom stereocenters. The number of hydrogen-bond donors (Lipinski definition) is 5. The molecule has 3 aromatic carbocycles. The van der Waals surface area contributed by atoms with Crippen molar-refractivity contribution in [3.05, 3.63) is 107 Å². The molecule has 0 saturated heterocycles. The fourth-order valence-electron chi connectivity index (χ4n) is 3.75. The predicted octanol–water partition coefficient (Wildman–Crippen LogP) is 2.21. The number of benzene rings is 3. The molecule has 0 aliphatic carbocycles. The Balaban J connectivity index is 1.69. The predicted molar refractivity (Wildman–Crippen MR) is 148 cm³/mol. The van der Waals surface area contributed by atoms with Crippen LogP contribution in [0.15, 0.2) is 84.9 Å². The second kappa shape index (κ2) is 12.5. The van der Waals surface area contributed by atoms with Gasteiger partial charge in [-0.3, -0.25) is 15.0 Å². The molecule has 10 heteroatoms. The van der Waals surface area contributed by atoms with E-state index in [0.29, 0.717) is 11.1 Å². The van der Waals surface area contributed by atoms with E-state index in [-0.39, 0.29) is 24.6 Å². The number of hydrogen-bond acceptors (Lipinski definition) is 5. The Labute approximate surface area is 223 Å². The lowest BCUT2D eigenvalue weighted by Gasteiger charge is -2.28. The van der Waals surface area contributed by atoms with E-state index in [1.165, 1.54) is 0 Å². The molecular weight excluding hydrogens is 502 g/mol. The summed E-state index contributed by atoms with van der Waals surface area (Å²) in [6.07, 6.45) is 0.112. The first kappa shape index (κ1) is 28.5. The first-order valence-electron chi connectivity index (χ1n) is 12.1. The van der Waals surface area contributed by atoms with E-state index in [1.807, 2.05) is 18.2 Å². The van der Waals surface area contributed by atoms with Gasteiger partial charge in [0.2, 0.25) is 21.8 Å². The van der Waals surface area contributed by atoms with E-state index < -0.39 is 33.4 Å². The minimum absolute atomic E-state index is 0.0473. The summed E-state index contributed by atoms with van der Waals surface area (Å²) in [4.78, 5) is 26.3. The Bertz CT molecular complexity index is 1360. The third-order valence-corrected chi connectivity index (χ3v) is 7.20. The van der Waals surface area contributed by atoms with Crippen LogP contribution < -0.4 is 21.1 Å². The van der Waals surface area contributed by atoms with Gasteiger partial charge in [0.15, 0.2) is 0 Å². The lowest BCUT2D eigenvalue weighted by Crippen LogP contribution is -2.59. The summed E-state index contributed by atoms with van der Waals surface area (Å²) in [6.45, 7) is 3.31. The van der Waals surface area contributed by atoms with Crippen LogP contribution in [0.4, 0.5) is 0 Å². The number of amidine groups is 1. The molecule has 9 nitrogen and oxygen atoms in total. The van der Waals surface area contributed by atoms with Gasteiger partial charge in [-0.25, -0.2) is 13.1 Å². The molecule has 0 radical (unpaired) electrons. The smallest absolute Gasteiger partial charge is 0.245 e. The Morgan fingerprint density at radius 2 is 1.42 bits per heavy atom. The van der Waals surface area contributed by atoms with Crippen LogP contribution >= 0.6 is 0 Å². The number of carbonyl (C=O) groups excluding carboxylic acids is 2. The minimum Gasteiger partial charge on any atom is -0.384 e. The van der Waals surface area contributed by atoms with Crippen LogP contribution in [-0.2, 0) is 38.3 Å². The van der Waals surface area contributed by atoms with E-state index in [4.69, 9.17) is 11.1 Å². The highest BCUT2D eigenvalue weighted by Gasteiger charge is 2.33. The number of nitrogens with one attached hydrogen (secondary N) is 4. The van der Waals surface area contributed by atoms with Crippen LogP contribution in [0.25, 0.3) is 0 Å². The molecule has 200 valence electrons. The summed E-state index contributed by atoms with van der Waals surface area (Å²) in [7, 11) is -3.87. The standard InChI is InChI=1S/C28H33N5O4S/c1-28(2,27(35)31-18-21-13-15-23(16-14-21)25(29)30)32-26(34)24(17-20-9-5-3-6-10-20)33-38(36,37)19-22-11-7-4-8-12-22/h3-16,24,33H,17-19H2,1-2H3,(H3,29,30)(H,31,35)(H,32,34)/t24-/m1/s1. The first-order chi connectivity index (χ1) is 17.9. The van der Waals surface area contributed by atoms with Gasteiger partial charge in [-0.2, -0.15) is 0 Å². The summed E-state index contributed by atoms with van der Waals surface area (Å²) in [5.74, 6) is -1.38. The highest BCUT2D eigenvalue weighted by molar-refractivity contribution is 7.88. The van der Waals surface area contributed by atoms with E-state index in [9.17, 15) is 18.0 Å². The van der Waals surface area contributed by atoms with Crippen LogP contribution in [0.5, 0.6) is 0 Å². The van der Waals surface area contributed by atoms with E-state index in [0.717, 1.165) is 11.1 Å². The molecule has 6 N–H and O–H groups in total. The summed E-state index contributed by atoms with van der Waals surface area (Å²) in [5, 5.41) is 13.0. The van der Waals surface area contributed by atoms with Gasteiger partial charge < -0.3 is 16.4 Å². The summed E-state index contributed by atoms with van der Waals surface area (Å²) < 4.78 is 28.4. The van der Waals surface area contributed by atoms with Crippen LogP contribution in [0.1, 0.15) is 36.1 Å². The molecule has 0 spiro atoms. The van der Waals surface area contributed by atoms with Gasteiger partial charge in [0.25, 0.3) is 0 Å². The quantitative estimate of drug-likeness (QED) is 0.178. The van der Waals surface area contributed by atoms with Crippen molar-refractivity contribution in [1.82, 2.24) is 15.4 Å². The highest BCUT2D eigenvalue weighted by Crippen LogP contribution is 2.11. The van der Waals surface area contributed by atoms with Crippen LogP contribution in [-0.4, -0.2) is 37.6 Å². The highest BCUT2D eigenvalue weighted by atomic mass is 32.2. The molecule has 3 rings (SSSR count). The van der Waals surface area contributed by atoms with Crippen LogP contribution in [0, 0.1) is 5.41 Å². The molecule has 0 fully saturated rings. The van der Waals surface area contributed by atoms with Gasteiger partial charge in [0, 0.05) is 12.1 Å². The summed E-state index contributed by atoms with van der Waals surface area (Å²) >= 11 is 0. The van der Waals surface area contributed by atoms with Gasteiger partial charge in [0.05, 0.1) is 5.75 Å². The average molecular weight is 536 g/mol.